The first kappa shape index (κ1) is 16.3. The molecule has 0 saturated heterocycles. The molecule has 8 heteroatoms. The second-order valence-electron chi connectivity index (χ2n) is 5.67. The van der Waals surface area contributed by atoms with E-state index in [9.17, 15) is 9.90 Å². The number of esters is 1. The normalized spacial score (nSPS) is 12.3. The van der Waals surface area contributed by atoms with Crippen LogP contribution in [0.4, 0.5) is 0 Å². The number of phenolic OH excluding ortho intramolecular Hbond substituents is 1. The zero-order chi connectivity index (χ0) is 18.1. The van der Waals surface area contributed by atoms with Crippen LogP contribution in [0.1, 0.15) is 24.5 Å². The van der Waals surface area contributed by atoms with Gasteiger partial charge in [-0.25, -0.2) is 0 Å². The van der Waals surface area contributed by atoms with Gasteiger partial charge in [-0.15, -0.1) is 21.5 Å². The van der Waals surface area contributed by atoms with Crippen molar-refractivity contribution in [2.24, 2.45) is 0 Å². The van der Waals surface area contributed by atoms with Crippen LogP contribution in [0.2, 0.25) is 0 Å². The first-order chi connectivity index (χ1) is 12.6. The quantitative estimate of drug-likeness (QED) is 0.528. The molecule has 7 nitrogen and oxygen atoms in total. The van der Waals surface area contributed by atoms with Crippen LogP contribution in [0.15, 0.2) is 50.8 Å². The molecule has 0 aliphatic rings. The van der Waals surface area contributed by atoms with Crippen LogP contribution in [0.5, 0.6) is 5.75 Å². The number of carbonyl (C=O) groups is 1. The Labute approximate surface area is 151 Å². The molecule has 0 amide bonds. The van der Waals surface area contributed by atoms with E-state index in [2.05, 4.69) is 10.2 Å². The molecule has 1 N–H and O–H groups in total. The molecule has 4 aromatic rings. The molecule has 0 bridgehead atoms. The maximum Gasteiger partial charge on any atom is 0.311 e. The third kappa shape index (κ3) is 3.18. The molecule has 0 radical (unpaired) electrons. The fourth-order valence-electron chi connectivity index (χ4n) is 2.55. The highest BCUT2D eigenvalue weighted by Gasteiger charge is 2.20. The SMILES string of the molecule is C[C@H](OC(=O)Cc1coc2cc(O)ccc12)c1nnc(-c2cccs2)o1. The third-order valence-electron chi connectivity index (χ3n) is 3.80. The lowest BCUT2D eigenvalue weighted by atomic mass is 10.1. The zero-order valence-corrected chi connectivity index (χ0v) is 14.5. The number of phenols is 1. The Bertz CT molecular complexity index is 1050. The average Bonchev–Trinajstić information content (AvgIpc) is 3.35. The summed E-state index contributed by atoms with van der Waals surface area (Å²) in [6, 6.07) is 8.51. The average molecular weight is 370 g/mol. The summed E-state index contributed by atoms with van der Waals surface area (Å²) in [7, 11) is 0. The van der Waals surface area contributed by atoms with E-state index >= 15 is 0 Å². The number of carbonyl (C=O) groups excluding carboxylic acids is 1. The Morgan fingerprint density at radius 2 is 2.23 bits per heavy atom. The first-order valence-corrected chi connectivity index (χ1v) is 8.74. The summed E-state index contributed by atoms with van der Waals surface area (Å²) >= 11 is 1.49. The number of fused-ring (bicyclic) bond motifs is 1. The van der Waals surface area contributed by atoms with Gasteiger partial charge < -0.3 is 18.7 Å². The van der Waals surface area contributed by atoms with Gasteiger partial charge in [-0.05, 0) is 30.5 Å². The van der Waals surface area contributed by atoms with Crippen LogP contribution >= 0.6 is 11.3 Å². The summed E-state index contributed by atoms with van der Waals surface area (Å²) in [5, 5.41) is 20.1. The Hall–Kier alpha value is -3.13. The van der Waals surface area contributed by atoms with E-state index < -0.39 is 12.1 Å². The summed E-state index contributed by atoms with van der Waals surface area (Å²) in [6.45, 7) is 1.68. The molecule has 132 valence electrons. The first-order valence-electron chi connectivity index (χ1n) is 7.86. The molecular formula is C18H14N2O5S. The number of ether oxygens (including phenoxy) is 1. The summed E-state index contributed by atoms with van der Waals surface area (Å²) in [4.78, 5) is 13.1. The van der Waals surface area contributed by atoms with Gasteiger partial charge in [-0.1, -0.05) is 6.07 Å². The van der Waals surface area contributed by atoms with Crippen molar-refractivity contribution in [2.45, 2.75) is 19.4 Å². The minimum Gasteiger partial charge on any atom is -0.508 e. The van der Waals surface area contributed by atoms with Gasteiger partial charge >= 0.3 is 5.97 Å². The van der Waals surface area contributed by atoms with Crippen molar-refractivity contribution in [1.29, 1.82) is 0 Å². The lowest BCUT2D eigenvalue weighted by Gasteiger charge is -2.08. The predicted octanol–water partition coefficient (Wildman–Crippen LogP) is 4.10. The Balaban J connectivity index is 1.44. The van der Waals surface area contributed by atoms with E-state index in [-0.39, 0.29) is 18.1 Å². The smallest absolute Gasteiger partial charge is 0.311 e. The molecule has 0 saturated carbocycles. The van der Waals surface area contributed by atoms with Gasteiger partial charge in [-0.2, -0.15) is 0 Å². The number of aromatic nitrogens is 2. The highest BCUT2D eigenvalue weighted by molar-refractivity contribution is 7.13. The van der Waals surface area contributed by atoms with Gasteiger partial charge in [0.05, 0.1) is 17.6 Å². The van der Waals surface area contributed by atoms with E-state index in [1.165, 1.54) is 23.7 Å². The molecule has 0 unspecified atom stereocenters. The molecule has 26 heavy (non-hydrogen) atoms. The lowest BCUT2D eigenvalue weighted by Crippen LogP contribution is -2.11. The van der Waals surface area contributed by atoms with E-state index in [0.717, 1.165) is 10.3 Å². The number of furan rings is 1. The van der Waals surface area contributed by atoms with Crippen molar-refractivity contribution in [3.63, 3.8) is 0 Å². The number of benzene rings is 1. The number of thiophene rings is 1. The van der Waals surface area contributed by atoms with E-state index in [4.69, 9.17) is 13.6 Å². The Kier molecular flexibility index (Phi) is 4.18. The number of aromatic hydroxyl groups is 1. The number of nitrogens with zero attached hydrogens (tertiary/aromatic N) is 2. The molecule has 0 fully saturated rings. The number of hydrogen-bond acceptors (Lipinski definition) is 8. The summed E-state index contributed by atoms with van der Waals surface area (Å²) in [6.07, 6.45) is 0.858. The van der Waals surface area contributed by atoms with Crippen LogP contribution < -0.4 is 0 Å². The maximum atomic E-state index is 12.2. The second kappa shape index (κ2) is 6.64. The van der Waals surface area contributed by atoms with Crippen LogP contribution in [-0.2, 0) is 16.0 Å². The third-order valence-corrected chi connectivity index (χ3v) is 4.66. The molecule has 3 heterocycles. The maximum absolute atomic E-state index is 12.2. The van der Waals surface area contributed by atoms with Gasteiger partial charge in [0.2, 0.25) is 0 Å². The van der Waals surface area contributed by atoms with Crippen molar-refractivity contribution in [2.75, 3.05) is 0 Å². The monoisotopic (exact) mass is 370 g/mol. The van der Waals surface area contributed by atoms with Crippen LogP contribution in [0.3, 0.4) is 0 Å². The molecule has 4 rings (SSSR count). The molecule has 0 spiro atoms. The van der Waals surface area contributed by atoms with Crippen molar-refractivity contribution in [3.05, 3.63) is 53.4 Å². The molecular weight excluding hydrogens is 356 g/mol. The Morgan fingerprint density at radius 1 is 1.35 bits per heavy atom. The summed E-state index contributed by atoms with van der Waals surface area (Å²) in [5.41, 5.74) is 1.19. The van der Waals surface area contributed by atoms with Gasteiger partial charge in [0.1, 0.15) is 11.3 Å². The fraction of sp³-hybridized carbons (Fsp3) is 0.167. The van der Waals surface area contributed by atoms with Crippen molar-refractivity contribution >= 4 is 28.3 Å². The van der Waals surface area contributed by atoms with Gasteiger partial charge in [-0.3, -0.25) is 4.79 Å². The van der Waals surface area contributed by atoms with E-state index in [1.807, 2.05) is 17.5 Å². The molecule has 1 aromatic carbocycles. The van der Waals surface area contributed by atoms with Gasteiger partial charge in [0, 0.05) is 17.0 Å². The topological polar surface area (TPSA) is 98.6 Å². The van der Waals surface area contributed by atoms with Gasteiger partial charge in [0.25, 0.3) is 11.8 Å². The van der Waals surface area contributed by atoms with Gasteiger partial charge in [0.15, 0.2) is 6.10 Å². The van der Waals surface area contributed by atoms with E-state index in [1.54, 1.807) is 19.1 Å². The second-order valence-corrected chi connectivity index (χ2v) is 6.62. The molecule has 1 atom stereocenters. The molecule has 3 aromatic heterocycles. The van der Waals surface area contributed by atoms with Crippen molar-refractivity contribution in [3.8, 4) is 16.5 Å². The summed E-state index contributed by atoms with van der Waals surface area (Å²) in [5.74, 6) is 0.305. The lowest BCUT2D eigenvalue weighted by molar-refractivity contribution is -0.148. The summed E-state index contributed by atoms with van der Waals surface area (Å²) < 4.78 is 16.3. The van der Waals surface area contributed by atoms with Crippen LogP contribution in [-0.4, -0.2) is 21.3 Å². The molecule has 0 aliphatic heterocycles. The highest BCUT2D eigenvalue weighted by atomic mass is 32.1. The predicted molar refractivity (Wildman–Crippen MR) is 93.7 cm³/mol. The van der Waals surface area contributed by atoms with E-state index in [0.29, 0.717) is 17.0 Å². The van der Waals surface area contributed by atoms with Crippen molar-refractivity contribution < 1.29 is 23.5 Å². The van der Waals surface area contributed by atoms with Crippen molar-refractivity contribution in [1.82, 2.24) is 10.2 Å². The fourth-order valence-corrected chi connectivity index (χ4v) is 3.20. The number of rotatable bonds is 5. The largest absolute Gasteiger partial charge is 0.508 e. The standard InChI is InChI=1S/C18H14N2O5S/c1-10(17-19-20-18(25-17)15-3-2-6-26-15)24-16(22)7-11-9-23-14-8-12(21)4-5-13(11)14/h2-6,8-10,21H,7H2,1H3/t10-/m0/s1. The number of hydrogen-bond donors (Lipinski definition) is 1. The molecule has 0 aliphatic carbocycles. The zero-order valence-electron chi connectivity index (χ0n) is 13.7. The minimum absolute atomic E-state index is 0.0357. The van der Waals surface area contributed by atoms with Crippen LogP contribution in [0, 0.1) is 0 Å². The Morgan fingerprint density at radius 3 is 3.04 bits per heavy atom. The highest BCUT2D eigenvalue weighted by Crippen LogP contribution is 2.28. The van der Waals surface area contributed by atoms with Crippen LogP contribution in [0.25, 0.3) is 21.7 Å². The minimum atomic E-state index is -0.661.